The second kappa shape index (κ2) is 9.96. The van der Waals surface area contributed by atoms with Gasteiger partial charge in [-0.15, -0.1) is 0 Å². The van der Waals surface area contributed by atoms with E-state index >= 15 is 0 Å². The predicted molar refractivity (Wildman–Crippen MR) is 153 cm³/mol. The fraction of sp³-hybridized carbons (Fsp3) is 0.324. The van der Waals surface area contributed by atoms with Crippen LogP contribution in [0, 0.1) is 17.8 Å². The smallest absolute Gasteiger partial charge is 0.335 e. The van der Waals surface area contributed by atoms with Crippen LogP contribution in [0.25, 0.3) is 21.9 Å². The molecule has 4 fully saturated rings. The van der Waals surface area contributed by atoms with E-state index < -0.39 is 5.97 Å². The zero-order chi connectivity index (χ0) is 27.1. The van der Waals surface area contributed by atoms with Crippen molar-refractivity contribution in [3.8, 4) is 28.4 Å². The van der Waals surface area contributed by atoms with Gasteiger partial charge in [0.1, 0.15) is 17.2 Å². The van der Waals surface area contributed by atoms with E-state index in [1.54, 1.807) is 19.2 Å². The van der Waals surface area contributed by atoms with Gasteiger partial charge in [0.25, 0.3) is 0 Å². The molecule has 0 spiro atoms. The van der Waals surface area contributed by atoms with Crippen LogP contribution in [0.3, 0.4) is 0 Å². The normalized spacial score (nSPS) is 24.7. The number of rotatable bonds is 4. The highest BCUT2D eigenvalue weighted by atomic mass is 16.5. The van der Waals surface area contributed by atoms with Crippen molar-refractivity contribution >= 4 is 16.7 Å². The highest BCUT2D eigenvalue weighted by molar-refractivity contribution is 5.95. The summed E-state index contributed by atoms with van der Waals surface area (Å²) in [6.07, 6.45) is 8.25. The Balaban J connectivity index is 0.000000299. The molecule has 8 rings (SSSR count). The van der Waals surface area contributed by atoms with Crippen LogP contribution >= 0.6 is 0 Å². The number of ether oxygens (including phenoxy) is 1. The number of methoxy groups -OCH3 is 1. The summed E-state index contributed by atoms with van der Waals surface area (Å²) in [5.41, 5.74) is 4.41. The Labute approximate surface area is 228 Å². The number of hydrogen-bond donors (Lipinski definition) is 3. The van der Waals surface area contributed by atoms with Gasteiger partial charge in [0.15, 0.2) is 0 Å². The molecule has 0 radical (unpaired) electrons. The minimum absolute atomic E-state index is 0.169. The lowest BCUT2D eigenvalue weighted by Gasteiger charge is -2.57. The first-order chi connectivity index (χ1) is 18.8. The minimum atomic E-state index is -0.888. The lowest BCUT2D eigenvalue weighted by atomic mass is 9.48. The molecule has 4 aromatic carbocycles. The van der Waals surface area contributed by atoms with E-state index in [-0.39, 0.29) is 16.9 Å². The van der Waals surface area contributed by atoms with Crippen molar-refractivity contribution in [3.63, 3.8) is 0 Å². The number of aromatic hydroxyl groups is 2. The largest absolute Gasteiger partial charge is 0.508 e. The predicted octanol–water partition coefficient (Wildman–Crippen LogP) is 7.78. The molecule has 4 aliphatic rings. The molecule has 5 nitrogen and oxygen atoms in total. The van der Waals surface area contributed by atoms with Gasteiger partial charge in [-0.2, -0.15) is 0 Å². The lowest BCUT2D eigenvalue weighted by molar-refractivity contribution is -0.00613. The molecule has 4 aliphatic carbocycles. The Morgan fingerprint density at radius 1 is 0.718 bits per heavy atom. The van der Waals surface area contributed by atoms with Gasteiger partial charge in [0, 0.05) is 5.56 Å². The van der Waals surface area contributed by atoms with Gasteiger partial charge in [-0.05, 0) is 138 Å². The molecule has 4 aromatic rings. The third-order valence-corrected chi connectivity index (χ3v) is 9.08. The molecular formula is C34H34O5. The van der Waals surface area contributed by atoms with Crippen LogP contribution in [0.4, 0.5) is 0 Å². The first kappa shape index (κ1) is 25.3. The number of benzene rings is 4. The van der Waals surface area contributed by atoms with Crippen LogP contribution in [-0.2, 0) is 5.41 Å². The first-order valence-electron chi connectivity index (χ1n) is 13.8. The Bertz CT molecular complexity index is 1460. The summed E-state index contributed by atoms with van der Waals surface area (Å²) >= 11 is 0. The van der Waals surface area contributed by atoms with Crippen LogP contribution < -0.4 is 4.74 Å². The van der Waals surface area contributed by atoms with E-state index in [1.807, 2.05) is 12.1 Å². The molecule has 0 saturated heterocycles. The molecule has 4 bridgehead atoms. The monoisotopic (exact) mass is 522 g/mol. The number of hydrogen-bond acceptors (Lipinski definition) is 4. The Kier molecular flexibility index (Phi) is 6.46. The van der Waals surface area contributed by atoms with E-state index in [9.17, 15) is 9.90 Å². The van der Waals surface area contributed by atoms with E-state index in [1.165, 1.54) is 79.5 Å². The molecule has 200 valence electrons. The van der Waals surface area contributed by atoms with Gasteiger partial charge in [-0.25, -0.2) is 4.79 Å². The maximum atomic E-state index is 11.3. The van der Waals surface area contributed by atoms with Gasteiger partial charge in [0.05, 0.1) is 12.7 Å². The van der Waals surface area contributed by atoms with E-state index in [0.717, 1.165) is 34.3 Å². The van der Waals surface area contributed by atoms with E-state index in [0.29, 0.717) is 5.56 Å². The maximum Gasteiger partial charge on any atom is 0.335 e. The van der Waals surface area contributed by atoms with Crippen LogP contribution in [0.1, 0.15) is 54.4 Å². The molecule has 0 heterocycles. The van der Waals surface area contributed by atoms with Crippen LogP contribution in [0.2, 0.25) is 0 Å². The third kappa shape index (κ3) is 4.94. The summed E-state index contributed by atoms with van der Waals surface area (Å²) in [5, 5.41) is 28.6. The highest BCUT2D eigenvalue weighted by Gasteiger charge is 2.52. The van der Waals surface area contributed by atoms with Gasteiger partial charge in [0.2, 0.25) is 0 Å². The number of aromatic carboxylic acids is 1. The molecule has 3 N–H and O–H groups in total. The molecule has 4 saturated carbocycles. The summed E-state index contributed by atoms with van der Waals surface area (Å²) in [7, 11) is 1.80. The van der Waals surface area contributed by atoms with E-state index in [4.69, 9.17) is 14.9 Å². The fourth-order valence-corrected chi connectivity index (χ4v) is 7.75. The molecule has 0 aromatic heterocycles. The second-order valence-electron chi connectivity index (χ2n) is 11.7. The average molecular weight is 523 g/mol. The van der Waals surface area contributed by atoms with Crippen molar-refractivity contribution in [2.24, 2.45) is 17.8 Å². The zero-order valence-corrected chi connectivity index (χ0v) is 22.1. The maximum absolute atomic E-state index is 11.3. The fourth-order valence-electron chi connectivity index (χ4n) is 7.75. The molecule has 0 amide bonds. The summed E-state index contributed by atoms with van der Waals surface area (Å²) in [6.45, 7) is 0. The molecular weight excluding hydrogens is 488 g/mol. The molecule has 0 aliphatic heterocycles. The average Bonchev–Trinajstić information content (AvgIpc) is 2.93. The topological polar surface area (TPSA) is 87.0 Å². The summed E-state index contributed by atoms with van der Waals surface area (Å²) < 4.78 is 5.88. The number of phenolic OH excluding ortho intramolecular Hbond substituents is 2. The standard InChI is InChI=1S/C28H28O3.C6H6O2/c1-31-26-7-6-23(21-2-3-22-12-24(27(29)30)5-4-20(22)11-21)13-25(26)28-14-17-8-18(15-28)10-19(9-17)16-28;7-5-1-2-6(8)4-3-5/h2-7,11-13,17-19H,8-10,14-16H2,1H3,(H,29,30);1-4,7-8H. The third-order valence-electron chi connectivity index (χ3n) is 9.08. The number of fused-ring (bicyclic) bond motifs is 1. The molecule has 0 atom stereocenters. The molecule has 0 unspecified atom stereocenters. The molecule has 5 heteroatoms. The Morgan fingerprint density at radius 3 is 1.79 bits per heavy atom. The van der Waals surface area contributed by atoms with Gasteiger partial charge in [-0.1, -0.05) is 24.3 Å². The summed E-state index contributed by atoms with van der Waals surface area (Å²) in [5.74, 6) is 3.17. The van der Waals surface area contributed by atoms with Crippen molar-refractivity contribution in [3.05, 3.63) is 90.0 Å². The minimum Gasteiger partial charge on any atom is -0.508 e. The lowest BCUT2D eigenvalue weighted by Crippen LogP contribution is -2.48. The van der Waals surface area contributed by atoms with Crippen LogP contribution in [0.15, 0.2) is 78.9 Å². The van der Waals surface area contributed by atoms with Gasteiger partial charge in [-0.3, -0.25) is 0 Å². The van der Waals surface area contributed by atoms with Gasteiger partial charge < -0.3 is 20.1 Å². The quantitative estimate of drug-likeness (QED) is 0.238. The first-order valence-corrected chi connectivity index (χ1v) is 13.8. The summed E-state index contributed by atoms with van der Waals surface area (Å²) in [4.78, 5) is 11.3. The summed E-state index contributed by atoms with van der Waals surface area (Å²) in [6, 6.07) is 24.1. The zero-order valence-electron chi connectivity index (χ0n) is 22.1. The number of carboxylic acid groups (broad SMARTS) is 1. The van der Waals surface area contributed by atoms with Crippen molar-refractivity contribution in [1.29, 1.82) is 0 Å². The number of phenols is 2. The number of carbonyl (C=O) groups is 1. The molecule has 39 heavy (non-hydrogen) atoms. The van der Waals surface area contributed by atoms with Crippen molar-refractivity contribution in [2.75, 3.05) is 7.11 Å². The second-order valence-corrected chi connectivity index (χ2v) is 11.7. The van der Waals surface area contributed by atoms with Crippen LogP contribution in [-0.4, -0.2) is 28.4 Å². The van der Waals surface area contributed by atoms with Crippen molar-refractivity contribution < 1.29 is 24.9 Å². The van der Waals surface area contributed by atoms with Crippen LogP contribution in [0.5, 0.6) is 17.2 Å². The van der Waals surface area contributed by atoms with E-state index in [2.05, 4.69) is 30.3 Å². The van der Waals surface area contributed by atoms with Gasteiger partial charge >= 0.3 is 5.97 Å². The SMILES string of the molecule is COc1ccc(-c2ccc3cc(C(=O)O)ccc3c2)cc1C12CC3CC(CC(C3)C1)C2.Oc1ccc(O)cc1. The highest BCUT2D eigenvalue weighted by Crippen LogP contribution is 2.62. The van der Waals surface area contributed by atoms with Crippen molar-refractivity contribution in [2.45, 2.75) is 43.9 Å². The number of carboxylic acids is 1. The Morgan fingerprint density at radius 2 is 1.23 bits per heavy atom. The van der Waals surface area contributed by atoms with Crippen molar-refractivity contribution in [1.82, 2.24) is 0 Å². The Hall–Kier alpha value is -3.99.